The summed E-state index contributed by atoms with van der Waals surface area (Å²) in [5, 5.41) is 7.67. The van der Waals surface area contributed by atoms with Gasteiger partial charge in [0.2, 0.25) is 0 Å². The second-order valence-electron chi connectivity index (χ2n) is 6.31. The average Bonchev–Trinajstić information content (AvgIpc) is 2.56. The smallest absolute Gasteiger partial charge is 0.319 e. The van der Waals surface area contributed by atoms with Crippen molar-refractivity contribution < 1.29 is 17.6 Å². The minimum Gasteiger partial charge on any atom is -0.337 e. The second kappa shape index (κ2) is 7.06. The second-order valence-corrected chi connectivity index (χ2v) is 8.71. The number of sulfone groups is 1. The summed E-state index contributed by atoms with van der Waals surface area (Å²) < 4.78 is 38.3. The Morgan fingerprint density at radius 3 is 2.96 bits per heavy atom. The van der Waals surface area contributed by atoms with Gasteiger partial charge in [-0.25, -0.2) is 17.6 Å². The Hall–Kier alpha value is -1.67. The lowest BCUT2D eigenvalue weighted by atomic mass is 9.99. The Balaban J connectivity index is 1.61. The van der Waals surface area contributed by atoms with Gasteiger partial charge in [0.25, 0.3) is 0 Å². The average molecular weight is 355 g/mol. The van der Waals surface area contributed by atoms with E-state index in [2.05, 4.69) is 16.0 Å². The molecule has 0 bridgehead atoms. The highest BCUT2D eigenvalue weighted by atomic mass is 32.2. The summed E-state index contributed by atoms with van der Waals surface area (Å²) in [6, 6.07) is 2.76. The molecule has 0 radical (unpaired) electrons. The number of nitrogens with one attached hydrogen (secondary N) is 3. The maximum atomic E-state index is 14.5. The molecule has 1 aromatic carbocycles. The fourth-order valence-corrected chi connectivity index (χ4v) is 5.06. The van der Waals surface area contributed by atoms with Crippen LogP contribution in [0.15, 0.2) is 12.1 Å². The highest BCUT2D eigenvalue weighted by Crippen LogP contribution is 2.24. The van der Waals surface area contributed by atoms with Crippen molar-refractivity contribution in [1.82, 2.24) is 10.6 Å². The van der Waals surface area contributed by atoms with Crippen LogP contribution in [0.1, 0.15) is 30.4 Å². The molecule has 2 aliphatic rings. The summed E-state index contributed by atoms with van der Waals surface area (Å²) in [7, 11) is -3.14. The van der Waals surface area contributed by atoms with Crippen molar-refractivity contribution >= 4 is 21.6 Å². The standard InChI is InChI=1S/C16H22FN3O3S/c17-15-13-6-7-18-9-11(13)4-5-14(15)20-16(21)19-10-12-3-1-2-8-24(12,22)23/h4-5,12,18H,1-3,6-10H2,(H2,19,20,21). The van der Waals surface area contributed by atoms with Crippen molar-refractivity contribution in [3.63, 3.8) is 0 Å². The highest BCUT2D eigenvalue weighted by Gasteiger charge is 2.29. The topological polar surface area (TPSA) is 87.3 Å². The Morgan fingerprint density at radius 1 is 1.33 bits per heavy atom. The summed E-state index contributed by atoms with van der Waals surface area (Å²) in [4.78, 5) is 12.0. The van der Waals surface area contributed by atoms with Gasteiger partial charge in [-0.15, -0.1) is 0 Å². The Kier molecular flexibility index (Phi) is 5.05. The number of hydrogen-bond acceptors (Lipinski definition) is 4. The third kappa shape index (κ3) is 3.70. The van der Waals surface area contributed by atoms with E-state index in [-0.39, 0.29) is 18.0 Å². The number of rotatable bonds is 3. The van der Waals surface area contributed by atoms with Crippen LogP contribution in [0.25, 0.3) is 0 Å². The normalized spacial score (nSPS) is 22.5. The summed E-state index contributed by atoms with van der Waals surface area (Å²) >= 11 is 0. The van der Waals surface area contributed by atoms with Gasteiger partial charge in [0.05, 0.1) is 16.7 Å². The van der Waals surface area contributed by atoms with Crippen LogP contribution in [0.3, 0.4) is 0 Å². The van der Waals surface area contributed by atoms with Crippen LogP contribution in [0.5, 0.6) is 0 Å². The van der Waals surface area contributed by atoms with E-state index in [1.165, 1.54) is 6.07 Å². The van der Waals surface area contributed by atoms with Crippen molar-refractivity contribution in [3.8, 4) is 0 Å². The van der Waals surface area contributed by atoms with Gasteiger partial charge in [0, 0.05) is 13.1 Å². The molecule has 0 spiro atoms. The molecule has 0 aliphatic carbocycles. The molecular formula is C16H22FN3O3S. The zero-order valence-electron chi connectivity index (χ0n) is 13.4. The lowest BCUT2D eigenvalue weighted by molar-refractivity contribution is 0.251. The number of fused-ring (bicyclic) bond motifs is 1. The predicted octanol–water partition coefficient (Wildman–Crippen LogP) is 1.56. The van der Waals surface area contributed by atoms with Gasteiger partial charge < -0.3 is 16.0 Å². The van der Waals surface area contributed by atoms with E-state index in [1.54, 1.807) is 6.07 Å². The molecule has 24 heavy (non-hydrogen) atoms. The maximum Gasteiger partial charge on any atom is 0.319 e. The van der Waals surface area contributed by atoms with Gasteiger partial charge in [0.15, 0.2) is 9.84 Å². The number of hydrogen-bond donors (Lipinski definition) is 3. The molecule has 0 aromatic heterocycles. The van der Waals surface area contributed by atoms with Crippen LogP contribution in [0.2, 0.25) is 0 Å². The molecule has 1 aromatic rings. The molecule has 2 heterocycles. The number of benzene rings is 1. The van der Waals surface area contributed by atoms with E-state index in [0.717, 1.165) is 12.0 Å². The van der Waals surface area contributed by atoms with Crippen LogP contribution in [-0.4, -0.2) is 38.5 Å². The van der Waals surface area contributed by atoms with Crippen LogP contribution in [0.4, 0.5) is 14.9 Å². The molecule has 8 heteroatoms. The van der Waals surface area contributed by atoms with E-state index in [4.69, 9.17) is 0 Å². The zero-order chi connectivity index (χ0) is 17.2. The molecule has 1 fully saturated rings. The lowest BCUT2D eigenvalue weighted by Gasteiger charge is -2.23. The largest absolute Gasteiger partial charge is 0.337 e. The van der Waals surface area contributed by atoms with Crippen molar-refractivity contribution in [2.24, 2.45) is 0 Å². The SMILES string of the molecule is O=C(NCC1CCCCS1(=O)=O)Nc1ccc2c(c1F)CCNC2. The zero-order valence-corrected chi connectivity index (χ0v) is 14.2. The number of urea groups is 1. The first-order valence-corrected chi connectivity index (χ1v) is 9.96. The predicted molar refractivity (Wildman–Crippen MR) is 90.3 cm³/mol. The molecule has 1 unspecified atom stereocenters. The molecular weight excluding hydrogens is 333 g/mol. The number of carbonyl (C=O) groups excluding carboxylic acids is 1. The monoisotopic (exact) mass is 355 g/mol. The van der Waals surface area contributed by atoms with Gasteiger partial charge in [-0.3, -0.25) is 0 Å². The number of carbonyl (C=O) groups is 1. The maximum absolute atomic E-state index is 14.5. The number of halogens is 1. The summed E-state index contributed by atoms with van der Waals surface area (Å²) in [6.07, 6.45) is 2.67. The highest BCUT2D eigenvalue weighted by molar-refractivity contribution is 7.92. The van der Waals surface area contributed by atoms with E-state index in [1.807, 2.05) is 0 Å². The third-order valence-electron chi connectivity index (χ3n) is 4.66. The van der Waals surface area contributed by atoms with Crippen LogP contribution >= 0.6 is 0 Å². The molecule has 0 saturated carbocycles. The Morgan fingerprint density at radius 2 is 2.17 bits per heavy atom. The van der Waals surface area contributed by atoms with Crippen LogP contribution in [0, 0.1) is 5.82 Å². The number of anilines is 1. The van der Waals surface area contributed by atoms with Gasteiger partial charge in [-0.2, -0.15) is 0 Å². The Bertz CT molecular complexity index is 736. The number of amides is 2. The van der Waals surface area contributed by atoms with Crippen molar-refractivity contribution in [2.45, 2.75) is 37.5 Å². The lowest BCUT2D eigenvalue weighted by Crippen LogP contribution is -2.41. The van der Waals surface area contributed by atoms with Crippen LogP contribution < -0.4 is 16.0 Å². The molecule has 6 nitrogen and oxygen atoms in total. The first-order chi connectivity index (χ1) is 11.5. The fourth-order valence-electron chi connectivity index (χ4n) is 3.25. The first-order valence-electron chi connectivity index (χ1n) is 8.25. The summed E-state index contributed by atoms with van der Waals surface area (Å²) in [5.74, 6) is -0.233. The molecule has 1 saturated heterocycles. The van der Waals surface area contributed by atoms with Gasteiger partial charge in [0.1, 0.15) is 5.82 Å². The van der Waals surface area contributed by atoms with E-state index in [9.17, 15) is 17.6 Å². The van der Waals surface area contributed by atoms with Crippen molar-refractivity contribution in [3.05, 3.63) is 29.1 Å². The molecule has 2 amide bonds. The van der Waals surface area contributed by atoms with E-state index in [0.29, 0.717) is 37.9 Å². The van der Waals surface area contributed by atoms with Crippen molar-refractivity contribution in [2.75, 3.05) is 24.2 Å². The van der Waals surface area contributed by atoms with Crippen LogP contribution in [-0.2, 0) is 22.8 Å². The fraction of sp³-hybridized carbons (Fsp3) is 0.562. The molecule has 3 N–H and O–H groups in total. The van der Waals surface area contributed by atoms with E-state index < -0.39 is 26.9 Å². The molecule has 1 atom stereocenters. The third-order valence-corrected chi connectivity index (χ3v) is 6.93. The minimum absolute atomic E-state index is 0.0602. The summed E-state index contributed by atoms with van der Waals surface area (Å²) in [6.45, 7) is 1.39. The van der Waals surface area contributed by atoms with Gasteiger partial charge in [-0.05, 0) is 43.0 Å². The summed E-state index contributed by atoms with van der Waals surface area (Å²) in [5.41, 5.74) is 1.65. The first kappa shape index (κ1) is 17.2. The Labute approximate surface area is 141 Å². The minimum atomic E-state index is -3.14. The molecule has 2 aliphatic heterocycles. The van der Waals surface area contributed by atoms with E-state index >= 15 is 0 Å². The molecule has 132 valence electrons. The quantitative estimate of drug-likeness (QED) is 0.768. The molecule has 3 rings (SSSR count). The van der Waals surface area contributed by atoms with Gasteiger partial charge in [-0.1, -0.05) is 12.5 Å². The van der Waals surface area contributed by atoms with Crippen molar-refractivity contribution in [1.29, 1.82) is 0 Å². The van der Waals surface area contributed by atoms with Gasteiger partial charge >= 0.3 is 6.03 Å².